The van der Waals surface area contributed by atoms with E-state index in [1.165, 1.54) is 5.57 Å². The number of hydrogen-bond acceptors (Lipinski definition) is 1. The van der Waals surface area contributed by atoms with Crippen molar-refractivity contribution in [3.8, 4) is 0 Å². The highest BCUT2D eigenvalue weighted by molar-refractivity contribution is 5.19. The van der Waals surface area contributed by atoms with E-state index in [4.69, 9.17) is 0 Å². The van der Waals surface area contributed by atoms with Gasteiger partial charge in [-0.2, -0.15) is 0 Å². The van der Waals surface area contributed by atoms with E-state index in [9.17, 15) is 4.39 Å². The number of hydrogen-bond donors (Lipinski definition) is 0. The molecule has 2 rings (SSSR count). The quantitative estimate of drug-likeness (QED) is 0.615. The van der Waals surface area contributed by atoms with Crippen LogP contribution >= 0.6 is 0 Å². The first-order chi connectivity index (χ1) is 6.52. The molecule has 1 nitrogen and oxygen atoms in total. The van der Waals surface area contributed by atoms with Crippen LogP contribution in [0.3, 0.4) is 0 Å². The normalized spacial score (nSPS) is 38.3. The van der Waals surface area contributed by atoms with Crippen molar-refractivity contribution in [1.82, 2.24) is 4.90 Å². The summed E-state index contributed by atoms with van der Waals surface area (Å²) in [7, 11) is 0. The summed E-state index contributed by atoms with van der Waals surface area (Å²) in [4.78, 5) is 2.32. The number of rotatable bonds is 2. The molecule has 2 heteroatoms. The average molecular weight is 197 g/mol. The summed E-state index contributed by atoms with van der Waals surface area (Å²) >= 11 is 0. The van der Waals surface area contributed by atoms with Gasteiger partial charge in [-0.15, -0.1) is 0 Å². The number of nitrogens with zero attached hydrogens (tertiary/aromatic N) is 1. The predicted octanol–water partition coefficient (Wildman–Crippen LogP) is 2.78. The summed E-state index contributed by atoms with van der Waals surface area (Å²) < 4.78 is 13.4. The third kappa shape index (κ3) is 1.60. The molecule has 0 saturated carbocycles. The second-order valence-electron chi connectivity index (χ2n) is 5.43. The highest BCUT2D eigenvalue weighted by Crippen LogP contribution is 2.45. The van der Waals surface area contributed by atoms with E-state index < -0.39 is 6.17 Å². The van der Waals surface area contributed by atoms with Gasteiger partial charge in [0.15, 0.2) is 0 Å². The van der Waals surface area contributed by atoms with Gasteiger partial charge in [0.2, 0.25) is 0 Å². The Morgan fingerprint density at radius 2 is 2.36 bits per heavy atom. The number of fused-ring (bicyclic) bond motifs is 1. The van der Waals surface area contributed by atoms with Crippen molar-refractivity contribution < 1.29 is 4.39 Å². The van der Waals surface area contributed by atoms with Crippen LogP contribution in [0.25, 0.3) is 0 Å². The number of alkyl halides is 1. The van der Waals surface area contributed by atoms with Crippen LogP contribution in [0, 0.1) is 5.92 Å². The van der Waals surface area contributed by atoms with Crippen LogP contribution in [0.2, 0.25) is 0 Å². The maximum Gasteiger partial charge on any atom is 0.115 e. The van der Waals surface area contributed by atoms with E-state index in [2.05, 4.69) is 25.3 Å². The first kappa shape index (κ1) is 10.2. The van der Waals surface area contributed by atoms with Gasteiger partial charge in [0.1, 0.15) is 6.17 Å². The van der Waals surface area contributed by atoms with Gasteiger partial charge in [-0.3, -0.25) is 4.90 Å². The zero-order chi connectivity index (χ0) is 10.3. The van der Waals surface area contributed by atoms with Crippen molar-refractivity contribution in [3.05, 3.63) is 12.2 Å². The Morgan fingerprint density at radius 3 is 3.00 bits per heavy atom. The van der Waals surface area contributed by atoms with Gasteiger partial charge in [0.25, 0.3) is 0 Å². The lowest BCUT2D eigenvalue weighted by atomic mass is 9.84. The molecule has 14 heavy (non-hydrogen) atoms. The van der Waals surface area contributed by atoms with Gasteiger partial charge in [0.05, 0.1) is 0 Å². The summed E-state index contributed by atoms with van der Waals surface area (Å²) in [6, 6.07) is 0. The molecule has 2 aliphatic heterocycles. The number of halogens is 1. The lowest BCUT2D eigenvalue weighted by Gasteiger charge is -2.32. The largest absolute Gasteiger partial charge is 0.290 e. The Kier molecular flexibility index (Phi) is 2.42. The zero-order valence-corrected chi connectivity index (χ0v) is 9.22. The van der Waals surface area contributed by atoms with Gasteiger partial charge < -0.3 is 0 Å². The van der Waals surface area contributed by atoms with Crippen molar-refractivity contribution in [2.45, 2.75) is 44.8 Å². The molecule has 0 radical (unpaired) electrons. The molecular weight excluding hydrogens is 177 g/mol. The van der Waals surface area contributed by atoms with Gasteiger partial charge in [-0.1, -0.05) is 26.0 Å². The van der Waals surface area contributed by atoms with Crippen LogP contribution in [0.1, 0.15) is 33.1 Å². The molecule has 2 atom stereocenters. The molecule has 2 unspecified atom stereocenters. The lowest BCUT2D eigenvalue weighted by molar-refractivity contribution is 0.163. The molecule has 80 valence electrons. The van der Waals surface area contributed by atoms with Gasteiger partial charge in [-0.25, -0.2) is 4.39 Å². The van der Waals surface area contributed by atoms with E-state index >= 15 is 0 Å². The molecule has 0 aliphatic carbocycles. The topological polar surface area (TPSA) is 3.24 Å². The standard InChI is InChI=1S/C12H20FN/c1-9(2)4-12-5-10(3)7-14(12)8-11(13)6-12/h9,11H,3-8H2,1-2H3. The van der Waals surface area contributed by atoms with Crippen molar-refractivity contribution in [1.29, 1.82) is 0 Å². The highest BCUT2D eigenvalue weighted by atomic mass is 19.1. The van der Waals surface area contributed by atoms with Crippen molar-refractivity contribution in [2.75, 3.05) is 13.1 Å². The SMILES string of the molecule is C=C1CN2CC(F)CC2(CC(C)C)C1. The molecule has 2 fully saturated rings. The lowest BCUT2D eigenvalue weighted by Crippen LogP contribution is -2.39. The minimum atomic E-state index is -0.609. The van der Waals surface area contributed by atoms with Crippen molar-refractivity contribution in [2.24, 2.45) is 5.92 Å². The highest BCUT2D eigenvalue weighted by Gasteiger charge is 2.49. The van der Waals surface area contributed by atoms with Crippen molar-refractivity contribution in [3.63, 3.8) is 0 Å². The molecular formula is C12H20FN. The van der Waals surface area contributed by atoms with Crippen LogP contribution in [0.4, 0.5) is 4.39 Å². The zero-order valence-electron chi connectivity index (χ0n) is 9.22. The average Bonchev–Trinajstić information content (AvgIpc) is 2.36. The Bertz CT molecular complexity index is 249. The molecule has 0 spiro atoms. The fourth-order valence-corrected chi connectivity index (χ4v) is 3.29. The maximum absolute atomic E-state index is 13.4. The van der Waals surface area contributed by atoms with Crippen LogP contribution in [-0.2, 0) is 0 Å². The molecule has 0 aromatic heterocycles. The molecule has 0 aromatic rings. The van der Waals surface area contributed by atoms with Crippen molar-refractivity contribution >= 4 is 0 Å². The Morgan fingerprint density at radius 1 is 1.64 bits per heavy atom. The van der Waals surface area contributed by atoms with Crippen LogP contribution in [0.5, 0.6) is 0 Å². The van der Waals surface area contributed by atoms with E-state index in [0.29, 0.717) is 12.5 Å². The summed E-state index contributed by atoms with van der Waals surface area (Å²) in [6.45, 7) is 10.0. The van der Waals surface area contributed by atoms with Crippen LogP contribution in [0.15, 0.2) is 12.2 Å². The van der Waals surface area contributed by atoms with Gasteiger partial charge >= 0.3 is 0 Å². The van der Waals surface area contributed by atoms with Gasteiger partial charge in [0, 0.05) is 18.6 Å². The molecule has 0 amide bonds. The first-order valence-corrected chi connectivity index (χ1v) is 5.58. The molecule has 2 heterocycles. The van der Waals surface area contributed by atoms with Gasteiger partial charge in [-0.05, 0) is 25.2 Å². The molecule has 0 bridgehead atoms. The molecule has 0 N–H and O–H groups in total. The maximum atomic E-state index is 13.4. The Hall–Kier alpha value is -0.370. The van der Waals surface area contributed by atoms with Crippen LogP contribution in [-0.4, -0.2) is 29.7 Å². The minimum absolute atomic E-state index is 0.130. The Balaban J connectivity index is 2.16. The summed E-state index contributed by atoms with van der Waals surface area (Å²) in [5, 5.41) is 0. The monoisotopic (exact) mass is 197 g/mol. The fraction of sp³-hybridized carbons (Fsp3) is 0.833. The van der Waals surface area contributed by atoms with E-state index in [0.717, 1.165) is 25.8 Å². The van der Waals surface area contributed by atoms with Crippen LogP contribution < -0.4 is 0 Å². The molecule has 0 aromatic carbocycles. The third-order valence-electron chi connectivity index (χ3n) is 3.47. The van der Waals surface area contributed by atoms with E-state index in [1.54, 1.807) is 0 Å². The fourth-order valence-electron chi connectivity index (χ4n) is 3.29. The second-order valence-corrected chi connectivity index (χ2v) is 5.43. The summed E-state index contributed by atoms with van der Waals surface area (Å²) in [5.74, 6) is 0.647. The third-order valence-corrected chi connectivity index (χ3v) is 3.47. The summed E-state index contributed by atoms with van der Waals surface area (Å²) in [5.41, 5.74) is 1.42. The smallest absolute Gasteiger partial charge is 0.115 e. The first-order valence-electron chi connectivity index (χ1n) is 5.58. The second kappa shape index (κ2) is 3.34. The minimum Gasteiger partial charge on any atom is -0.290 e. The summed E-state index contributed by atoms with van der Waals surface area (Å²) in [6.07, 6.45) is 2.25. The molecule has 2 saturated heterocycles. The predicted molar refractivity (Wildman–Crippen MR) is 57.0 cm³/mol. The van der Waals surface area contributed by atoms with E-state index in [1.807, 2.05) is 0 Å². The molecule has 2 aliphatic rings. The van der Waals surface area contributed by atoms with E-state index in [-0.39, 0.29) is 5.54 Å². The Labute approximate surface area is 86.0 Å².